The van der Waals surface area contributed by atoms with Crippen LogP contribution in [0.5, 0.6) is 0 Å². The van der Waals surface area contributed by atoms with Crippen molar-refractivity contribution in [3.8, 4) is 22.3 Å². The molecular weight excluding hydrogens is 568 g/mol. The normalized spacial score (nSPS) is 11.6. The lowest BCUT2D eigenvalue weighted by molar-refractivity contribution is 1.66. The van der Waals surface area contributed by atoms with Crippen molar-refractivity contribution in [3.05, 3.63) is 130 Å². The third kappa shape index (κ3) is 3.40. The molecule has 36 heavy (non-hydrogen) atoms. The summed E-state index contributed by atoms with van der Waals surface area (Å²) in [6.45, 7) is 0. The van der Waals surface area contributed by atoms with E-state index in [1.54, 1.807) is 0 Å². The van der Waals surface area contributed by atoms with E-state index in [1.165, 1.54) is 65.3 Å². The molecule has 0 heterocycles. The van der Waals surface area contributed by atoms with Gasteiger partial charge in [-0.05, 0) is 89.6 Å². The molecule has 0 saturated heterocycles. The van der Waals surface area contributed by atoms with Gasteiger partial charge in [-0.1, -0.05) is 129 Å². The Morgan fingerprint density at radius 2 is 0.778 bits per heavy atom. The van der Waals surface area contributed by atoms with Gasteiger partial charge in [0.05, 0.1) is 0 Å². The summed E-state index contributed by atoms with van der Waals surface area (Å²) in [5.41, 5.74) is 5.03. The van der Waals surface area contributed by atoms with Crippen LogP contribution >= 0.6 is 31.9 Å². The molecule has 0 aliphatic carbocycles. The summed E-state index contributed by atoms with van der Waals surface area (Å²) in [7, 11) is 0. The van der Waals surface area contributed by atoms with Crippen LogP contribution in [0.25, 0.3) is 65.3 Å². The molecule has 0 radical (unpaired) electrons. The first kappa shape index (κ1) is 21.8. The molecule has 0 amide bonds. The lowest BCUT2D eigenvalue weighted by Gasteiger charge is -2.21. The first-order valence-electron chi connectivity index (χ1n) is 12.0. The highest BCUT2D eigenvalue weighted by molar-refractivity contribution is 9.10. The number of rotatable bonds is 2. The first-order chi connectivity index (χ1) is 17.7. The Kier molecular flexibility index (Phi) is 5.20. The molecule has 0 N–H and O–H groups in total. The van der Waals surface area contributed by atoms with Crippen molar-refractivity contribution in [2.24, 2.45) is 0 Å². The van der Waals surface area contributed by atoms with Crippen molar-refractivity contribution >= 4 is 74.9 Å². The van der Waals surface area contributed by atoms with Crippen molar-refractivity contribution in [2.75, 3.05) is 0 Å². The fourth-order valence-corrected chi connectivity index (χ4v) is 6.34. The van der Waals surface area contributed by atoms with E-state index in [0.29, 0.717) is 0 Å². The van der Waals surface area contributed by atoms with E-state index >= 15 is 0 Å². The van der Waals surface area contributed by atoms with Crippen LogP contribution in [0, 0.1) is 0 Å². The van der Waals surface area contributed by atoms with Gasteiger partial charge in [-0.3, -0.25) is 0 Å². The van der Waals surface area contributed by atoms with Crippen LogP contribution in [0.4, 0.5) is 0 Å². The maximum Gasteiger partial charge on any atom is 0.0181 e. The Morgan fingerprint density at radius 3 is 1.25 bits per heavy atom. The maximum absolute atomic E-state index is 3.76. The van der Waals surface area contributed by atoms with Crippen LogP contribution in [0.3, 0.4) is 0 Å². The van der Waals surface area contributed by atoms with Gasteiger partial charge in [0.25, 0.3) is 0 Å². The van der Waals surface area contributed by atoms with E-state index in [0.717, 1.165) is 8.95 Å². The second-order valence-corrected chi connectivity index (χ2v) is 11.0. The van der Waals surface area contributed by atoms with Gasteiger partial charge in [-0.2, -0.15) is 0 Å². The summed E-state index contributed by atoms with van der Waals surface area (Å²) < 4.78 is 2.17. The van der Waals surface area contributed by atoms with Crippen molar-refractivity contribution < 1.29 is 0 Å². The Bertz CT molecular complexity index is 1840. The number of benzene rings is 7. The van der Waals surface area contributed by atoms with Gasteiger partial charge in [0.2, 0.25) is 0 Å². The van der Waals surface area contributed by atoms with Gasteiger partial charge >= 0.3 is 0 Å². The molecule has 0 unspecified atom stereocenters. The first-order valence-corrected chi connectivity index (χ1v) is 13.6. The lowest BCUT2D eigenvalue weighted by Crippen LogP contribution is -1.93. The highest BCUT2D eigenvalue weighted by Gasteiger charge is 2.20. The Labute approximate surface area is 226 Å². The summed E-state index contributed by atoms with van der Waals surface area (Å²) in [5, 5.41) is 10.1. The molecule has 0 nitrogen and oxygen atoms in total. The second-order valence-electron chi connectivity index (χ2n) is 9.19. The van der Waals surface area contributed by atoms with Crippen molar-refractivity contribution in [1.82, 2.24) is 0 Å². The molecular formula is C34H20Br2. The molecule has 0 aromatic heterocycles. The van der Waals surface area contributed by atoms with Crippen LogP contribution in [0.15, 0.2) is 130 Å². The summed E-state index contributed by atoms with van der Waals surface area (Å²) in [4.78, 5) is 0. The standard InChI is InChI=1S/C34H20Br2/c35-25-15-11-21-13-17-27-31(23-7-3-1-4-8-23)28-18-14-22-12-16-26(36)20-30(22)34(28)32(33(27)29(21)19-25)24-9-5-2-6-10-24/h1-20H. The predicted octanol–water partition coefficient (Wildman–Crippen LogP) is 11.2. The van der Waals surface area contributed by atoms with Gasteiger partial charge in [0.1, 0.15) is 0 Å². The summed E-state index contributed by atoms with van der Waals surface area (Å²) in [6, 6.07) is 44.0. The minimum absolute atomic E-state index is 1.09. The number of halogens is 2. The third-order valence-corrected chi connectivity index (χ3v) is 8.12. The van der Waals surface area contributed by atoms with E-state index < -0.39 is 0 Å². The van der Waals surface area contributed by atoms with Crippen molar-refractivity contribution in [1.29, 1.82) is 0 Å². The molecule has 7 aromatic rings. The number of fused-ring (bicyclic) bond motifs is 6. The highest BCUT2D eigenvalue weighted by Crippen LogP contribution is 2.48. The molecule has 0 aliphatic rings. The summed E-state index contributed by atoms with van der Waals surface area (Å²) in [6.07, 6.45) is 0. The summed E-state index contributed by atoms with van der Waals surface area (Å²) >= 11 is 7.51. The molecule has 7 aromatic carbocycles. The van der Waals surface area contributed by atoms with E-state index in [2.05, 4.69) is 153 Å². The second kappa shape index (κ2) is 8.58. The van der Waals surface area contributed by atoms with E-state index in [4.69, 9.17) is 0 Å². The van der Waals surface area contributed by atoms with Gasteiger partial charge in [-0.25, -0.2) is 0 Å². The van der Waals surface area contributed by atoms with Gasteiger partial charge in [-0.15, -0.1) is 0 Å². The summed E-state index contributed by atoms with van der Waals surface area (Å²) in [5.74, 6) is 0. The number of hydrogen-bond acceptors (Lipinski definition) is 0. The Hall–Kier alpha value is -3.46. The Balaban J connectivity index is 1.86. The third-order valence-electron chi connectivity index (χ3n) is 7.13. The monoisotopic (exact) mass is 586 g/mol. The quantitative estimate of drug-likeness (QED) is 0.139. The minimum atomic E-state index is 1.09. The lowest BCUT2D eigenvalue weighted by atomic mass is 9.82. The van der Waals surface area contributed by atoms with Crippen molar-refractivity contribution in [3.63, 3.8) is 0 Å². The molecule has 0 aliphatic heterocycles. The van der Waals surface area contributed by atoms with Crippen LogP contribution in [0.1, 0.15) is 0 Å². The molecule has 0 saturated carbocycles. The zero-order valence-electron chi connectivity index (χ0n) is 19.3. The molecule has 170 valence electrons. The Morgan fingerprint density at radius 1 is 0.361 bits per heavy atom. The predicted molar refractivity (Wildman–Crippen MR) is 163 cm³/mol. The largest absolute Gasteiger partial charge is 0.0622 e. The molecule has 2 heteroatoms. The highest BCUT2D eigenvalue weighted by atomic mass is 79.9. The average molecular weight is 588 g/mol. The van der Waals surface area contributed by atoms with Crippen LogP contribution in [-0.2, 0) is 0 Å². The fourth-order valence-electron chi connectivity index (χ4n) is 5.62. The fraction of sp³-hybridized carbons (Fsp3) is 0. The van der Waals surface area contributed by atoms with Crippen LogP contribution in [0.2, 0.25) is 0 Å². The van der Waals surface area contributed by atoms with Crippen molar-refractivity contribution in [2.45, 2.75) is 0 Å². The van der Waals surface area contributed by atoms with Crippen LogP contribution in [-0.4, -0.2) is 0 Å². The van der Waals surface area contributed by atoms with E-state index in [1.807, 2.05) is 0 Å². The zero-order valence-corrected chi connectivity index (χ0v) is 22.5. The van der Waals surface area contributed by atoms with E-state index in [-0.39, 0.29) is 0 Å². The van der Waals surface area contributed by atoms with E-state index in [9.17, 15) is 0 Å². The average Bonchev–Trinajstić information content (AvgIpc) is 2.92. The minimum Gasteiger partial charge on any atom is -0.0622 e. The van der Waals surface area contributed by atoms with Gasteiger partial charge in [0, 0.05) is 8.95 Å². The molecule has 0 bridgehead atoms. The van der Waals surface area contributed by atoms with Gasteiger partial charge in [0.15, 0.2) is 0 Å². The topological polar surface area (TPSA) is 0 Å². The molecule has 0 fully saturated rings. The molecule has 0 spiro atoms. The van der Waals surface area contributed by atoms with Gasteiger partial charge < -0.3 is 0 Å². The molecule has 7 rings (SSSR count). The zero-order chi connectivity index (χ0) is 24.2. The molecule has 0 atom stereocenters. The number of hydrogen-bond donors (Lipinski definition) is 0. The van der Waals surface area contributed by atoms with Crippen LogP contribution < -0.4 is 0 Å². The smallest absolute Gasteiger partial charge is 0.0181 e. The maximum atomic E-state index is 3.76. The SMILES string of the molecule is Brc1ccc2ccc3c(-c4ccccc4)c4ccc5ccc(Br)cc5c4c(-c4ccccc4)c3c2c1.